The van der Waals surface area contributed by atoms with Crippen LogP contribution in [0.4, 0.5) is 0 Å². The molecule has 0 heterocycles. The van der Waals surface area contributed by atoms with Crippen molar-refractivity contribution in [1.82, 2.24) is 0 Å². The number of carbonyl (C=O) groups is 1. The van der Waals surface area contributed by atoms with E-state index in [1.54, 1.807) is 0 Å². The van der Waals surface area contributed by atoms with Gasteiger partial charge in [-0.15, -0.1) is 0 Å². The van der Waals surface area contributed by atoms with Crippen LogP contribution in [0.25, 0.3) is 0 Å². The average molecular weight is 240 g/mol. The number of hydrogen-bond acceptors (Lipinski definition) is 2. The van der Waals surface area contributed by atoms with Crippen LogP contribution in [0.3, 0.4) is 0 Å². The third-order valence-electron chi connectivity index (χ3n) is 4.04. The Morgan fingerprint density at radius 1 is 1.24 bits per heavy atom. The van der Waals surface area contributed by atoms with Crippen molar-refractivity contribution < 1.29 is 9.53 Å². The summed E-state index contributed by atoms with van der Waals surface area (Å²) in [5, 5.41) is 0. The summed E-state index contributed by atoms with van der Waals surface area (Å²) in [5.74, 6) is 2.34. The van der Waals surface area contributed by atoms with Crippen LogP contribution in [0.15, 0.2) is 0 Å². The molecule has 0 aromatic carbocycles. The topological polar surface area (TPSA) is 26.3 Å². The van der Waals surface area contributed by atoms with E-state index in [0.29, 0.717) is 24.5 Å². The number of hydrogen-bond donors (Lipinski definition) is 0. The second kappa shape index (κ2) is 6.53. The summed E-state index contributed by atoms with van der Waals surface area (Å²) in [4.78, 5) is 11.6. The molecule has 0 saturated heterocycles. The van der Waals surface area contributed by atoms with Gasteiger partial charge in [0, 0.05) is 5.92 Å². The van der Waals surface area contributed by atoms with Crippen LogP contribution < -0.4 is 0 Å². The first-order chi connectivity index (χ1) is 7.91. The molecule has 0 N–H and O–H groups in total. The van der Waals surface area contributed by atoms with Crippen molar-refractivity contribution in [1.29, 1.82) is 0 Å². The summed E-state index contributed by atoms with van der Waals surface area (Å²) in [6.07, 6.45) is 3.97. The molecular formula is C15H28O2. The van der Waals surface area contributed by atoms with Crippen LogP contribution in [0.2, 0.25) is 0 Å². The minimum absolute atomic E-state index is 0.0912. The fraction of sp³-hybridized carbons (Fsp3) is 0.933. The second-order valence-electron chi connectivity index (χ2n) is 6.30. The molecule has 2 heteroatoms. The Morgan fingerprint density at radius 3 is 2.41 bits per heavy atom. The maximum Gasteiger partial charge on any atom is 0.160 e. The summed E-state index contributed by atoms with van der Waals surface area (Å²) in [5.41, 5.74) is 0. The lowest BCUT2D eigenvalue weighted by Crippen LogP contribution is -2.36. The fourth-order valence-corrected chi connectivity index (χ4v) is 2.66. The lowest BCUT2D eigenvalue weighted by atomic mass is 9.75. The molecule has 0 radical (unpaired) electrons. The number of Topliss-reactive ketones (excluding diaryl/α,β-unsaturated/α-hetero) is 1. The van der Waals surface area contributed by atoms with Crippen LogP contribution in [0.1, 0.15) is 53.9 Å². The Bertz CT molecular complexity index is 245. The standard InChI is InChI=1S/C15H28O2/c1-10(2)13-7-6-12(5)8-15(13)17-9-14(16)11(3)4/h10-13,15H,6-9H2,1-5H3/t12-,13+,15-/m1/s1. The SMILES string of the molecule is CC(C)C(=O)CO[C@@H]1C[C@H](C)CC[C@H]1C(C)C. The third-order valence-corrected chi connectivity index (χ3v) is 4.04. The Morgan fingerprint density at radius 2 is 1.88 bits per heavy atom. The Kier molecular flexibility index (Phi) is 5.64. The molecule has 0 bridgehead atoms. The van der Waals surface area contributed by atoms with Crippen LogP contribution in [0.5, 0.6) is 0 Å². The monoisotopic (exact) mass is 240 g/mol. The second-order valence-corrected chi connectivity index (χ2v) is 6.30. The Labute approximate surface area is 106 Å². The van der Waals surface area contributed by atoms with Gasteiger partial charge in [-0.25, -0.2) is 0 Å². The highest BCUT2D eigenvalue weighted by molar-refractivity contribution is 5.81. The molecule has 3 atom stereocenters. The Hall–Kier alpha value is -0.370. The molecular weight excluding hydrogens is 212 g/mol. The molecule has 2 nitrogen and oxygen atoms in total. The highest BCUT2D eigenvalue weighted by Crippen LogP contribution is 2.35. The fourth-order valence-electron chi connectivity index (χ4n) is 2.66. The molecule has 1 aliphatic rings. The van der Waals surface area contributed by atoms with Crippen molar-refractivity contribution in [2.24, 2.45) is 23.7 Å². The van der Waals surface area contributed by atoms with E-state index in [1.165, 1.54) is 12.8 Å². The maximum absolute atomic E-state index is 11.6. The zero-order valence-corrected chi connectivity index (χ0v) is 12.0. The molecule has 17 heavy (non-hydrogen) atoms. The van der Waals surface area contributed by atoms with Gasteiger partial charge in [0.2, 0.25) is 0 Å². The first-order valence-corrected chi connectivity index (χ1v) is 7.06. The molecule has 100 valence electrons. The van der Waals surface area contributed by atoms with E-state index in [9.17, 15) is 4.79 Å². The predicted molar refractivity (Wildman–Crippen MR) is 70.9 cm³/mol. The van der Waals surface area contributed by atoms with Crippen molar-refractivity contribution in [2.45, 2.75) is 60.0 Å². The number of ether oxygens (including phenoxy) is 1. The average Bonchev–Trinajstić information content (AvgIpc) is 2.25. The van der Waals surface area contributed by atoms with Gasteiger partial charge in [0.1, 0.15) is 6.61 Å². The molecule has 1 saturated carbocycles. The molecule has 0 aromatic heterocycles. The lowest BCUT2D eigenvalue weighted by Gasteiger charge is -2.37. The quantitative estimate of drug-likeness (QED) is 0.732. The van der Waals surface area contributed by atoms with Gasteiger partial charge in [0.05, 0.1) is 6.10 Å². The van der Waals surface area contributed by atoms with Gasteiger partial charge in [0.15, 0.2) is 5.78 Å². The molecule has 0 unspecified atom stereocenters. The van der Waals surface area contributed by atoms with Gasteiger partial charge in [-0.1, -0.05) is 41.0 Å². The Balaban J connectivity index is 2.49. The summed E-state index contributed by atoms with van der Waals surface area (Å²) < 4.78 is 5.90. The molecule has 1 fully saturated rings. The molecule has 0 aliphatic heterocycles. The first kappa shape index (κ1) is 14.7. The van der Waals surface area contributed by atoms with Crippen LogP contribution >= 0.6 is 0 Å². The van der Waals surface area contributed by atoms with Crippen LogP contribution in [0, 0.1) is 23.7 Å². The number of carbonyl (C=O) groups excluding carboxylic acids is 1. The van der Waals surface area contributed by atoms with Gasteiger partial charge in [-0.3, -0.25) is 4.79 Å². The van der Waals surface area contributed by atoms with Crippen molar-refractivity contribution >= 4 is 5.78 Å². The summed E-state index contributed by atoms with van der Waals surface area (Å²) in [7, 11) is 0. The highest BCUT2D eigenvalue weighted by Gasteiger charge is 2.31. The highest BCUT2D eigenvalue weighted by atomic mass is 16.5. The van der Waals surface area contributed by atoms with E-state index in [4.69, 9.17) is 4.74 Å². The summed E-state index contributed by atoms with van der Waals surface area (Å²) >= 11 is 0. The summed E-state index contributed by atoms with van der Waals surface area (Å²) in [6, 6.07) is 0. The normalized spacial score (nSPS) is 29.9. The van der Waals surface area contributed by atoms with E-state index >= 15 is 0 Å². The zero-order chi connectivity index (χ0) is 13.0. The molecule has 0 spiro atoms. The predicted octanol–water partition coefficient (Wildman–Crippen LogP) is 3.69. The summed E-state index contributed by atoms with van der Waals surface area (Å²) in [6.45, 7) is 11.0. The van der Waals surface area contributed by atoms with Crippen molar-refractivity contribution in [3.8, 4) is 0 Å². The number of ketones is 1. The van der Waals surface area contributed by atoms with Crippen molar-refractivity contribution in [3.63, 3.8) is 0 Å². The zero-order valence-electron chi connectivity index (χ0n) is 12.0. The van der Waals surface area contributed by atoms with Gasteiger partial charge >= 0.3 is 0 Å². The van der Waals surface area contributed by atoms with Gasteiger partial charge in [-0.05, 0) is 30.6 Å². The van der Waals surface area contributed by atoms with E-state index in [1.807, 2.05) is 13.8 Å². The van der Waals surface area contributed by atoms with Crippen molar-refractivity contribution in [3.05, 3.63) is 0 Å². The van der Waals surface area contributed by atoms with Crippen molar-refractivity contribution in [2.75, 3.05) is 6.61 Å². The van der Waals surface area contributed by atoms with E-state index < -0.39 is 0 Å². The van der Waals surface area contributed by atoms with Crippen LogP contribution in [-0.4, -0.2) is 18.5 Å². The van der Waals surface area contributed by atoms with Gasteiger partial charge in [0.25, 0.3) is 0 Å². The minimum atomic E-state index is 0.0912. The molecule has 0 amide bonds. The molecule has 1 rings (SSSR count). The van der Waals surface area contributed by atoms with E-state index in [-0.39, 0.29) is 11.7 Å². The largest absolute Gasteiger partial charge is 0.370 e. The van der Waals surface area contributed by atoms with E-state index in [0.717, 1.165) is 12.3 Å². The first-order valence-electron chi connectivity index (χ1n) is 7.06. The molecule has 1 aliphatic carbocycles. The van der Waals surface area contributed by atoms with Gasteiger partial charge in [-0.2, -0.15) is 0 Å². The minimum Gasteiger partial charge on any atom is -0.370 e. The number of rotatable bonds is 5. The lowest BCUT2D eigenvalue weighted by molar-refractivity contribution is -0.132. The maximum atomic E-state index is 11.6. The molecule has 0 aromatic rings. The third kappa shape index (κ3) is 4.42. The van der Waals surface area contributed by atoms with Gasteiger partial charge < -0.3 is 4.74 Å². The van der Waals surface area contributed by atoms with Crippen LogP contribution in [-0.2, 0) is 9.53 Å². The smallest absolute Gasteiger partial charge is 0.160 e. The van der Waals surface area contributed by atoms with E-state index in [2.05, 4.69) is 20.8 Å².